The highest BCUT2D eigenvalue weighted by molar-refractivity contribution is 5.39. The SMILES string of the molecule is C[C@H](O)[C@@]1(O)CC[C@H]2C3=CC=C4CC(O)CC[C@]4(C)[C@H]3CC[C@@]21C. The fourth-order valence-corrected chi connectivity index (χ4v) is 6.72. The monoisotopic (exact) mass is 332 g/mol. The molecule has 0 saturated heterocycles. The zero-order chi connectivity index (χ0) is 17.3. The minimum absolute atomic E-state index is 0.177. The molecule has 7 atom stereocenters. The molecule has 134 valence electrons. The van der Waals surface area contributed by atoms with Gasteiger partial charge in [0.15, 0.2) is 0 Å². The first-order valence-electron chi connectivity index (χ1n) is 9.72. The maximum atomic E-state index is 11.2. The Morgan fingerprint density at radius 2 is 1.75 bits per heavy atom. The van der Waals surface area contributed by atoms with E-state index in [9.17, 15) is 15.3 Å². The molecule has 0 aromatic rings. The lowest BCUT2D eigenvalue weighted by Crippen LogP contribution is -2.56. The average Bonchev–Trinajstić information content (AvgIpc) is 2.81. The Balaban J connectivity index is 1.74. The topological polar surface area (TPSA) is 60.7 Å². The lowest BCUT2D eigenvalue weighted by molar-refractivity contribution is -0.148. The van der Waals surface area contributed by atoms with Gasteiger partial charge >= 0.3 is 0 Å². The molecule has 0 radical (unpaired) electrons. The third-order valence-electron chi connectivity index (χ3n) is 8.45. The van der Waals surface area contributed by atoms with Gasteiger partial charge in [-0.05, 0) is 69.1 Å². The van der Waals surface area contributed by atoms with Crippen LogP contribution in [0.2, 0.25) is 0 Å². The van der Waals surface area contributed by atoms with Crippen LogP contribution in [0.5, 0.6) is 0 Å². The van der Waals surface area contributed by atoms with Gasteiger partial charge in [0, 0.05) is 5.41 Å². The highest BCUT2D eigenvalue weighted by Gasteiger charge is 2.63. The normalized spacial score (nSPS) is 51.8. The first-order valence-corrected chi connectivity index (χ1v) is 9.72. The molecule has 0 aromatic carbocycles. The number of hydrogen-bond donors (Lipinski definition) is 3. The largest absolute Gasteiger partial charge is 0.393 e. The molecule has 0 spiro atoms. The molecular formula is C21H32O3. The Hall–Kier alpha value is -0.640. The van der Waals surface area contributed by atoms with E-state index in [0.717, 1.165) is 38.5 Å². The van der Waals surface area contributed by atoms with Crippen molar-refractivity contribution >= 4 is 0 Å². The van der Waals surface area contributed by atoms with E-state index in [2.05, 4.69) is 26.0 Å². The fourth-order valence-electron chi connectivity index (χ4n) is 6.72. The zero-order valence-electron chi connectivity index (χ0n) is 15.3. The number of rotatable bonds is 1. The van der Waals surface area contributed by atoms with Crippen LogP contribution in [0, 0.1) is 22.7 Å². The summed E-state index contributed by atoms with van der Waals surface area (Å²) >= 11 is 0. The molecular weight excluding hydrogens is 300 g/mol. The molecule has 0 aliphatic heterocycles. The van der Waals surface area contributed by atoms with Crippen molar-refractivity contribution in [2.24, 2.45) is 22.7 Å². The Labute approximate surface area is 145 Å². The summed E-state index contributed by atoms with van der Waals surface area (Å²) in [5, 5.41) is 31.5. The Morgan fingerprint density at radius 3 is 2.46 bits per heavy atom. The fraction of sp³-hybridized carbons (Fsp3) is 0.810. The summed E-state index contributed by atoms with van der Waals surface area (Å²) in [6, 6.07) is 0. The van der Waals surface area contributed by atoms with Crippen LogP contribution in [0.15, 0.2) is 23.3 Å². The van der Waals surface area contributed by atoms with Crippen molar-refractivity contribution in [1.82, 2.24) is 0 Å². The molecule has 3 fully saturated rings. The molecule has 24 heavy (non-hydrogen) atoms. The highest BCUT2D eigenvalue weighted by atomic mass is 16.3. The number of aliphatic hydroxyl groups is 3. The molecule has 4 aliphatic rings. The third kappa shape index (κ3) is 1.95. The summed E-state index contributed by atoms with van der Waals surface area (Å²) in [7, 11) is 0. The van der Waals surface area contributed by atoms with Gasteiger partial charge < -0.3 is 15.3 Å². The number of hydrogen-bond acceptors (Lipinski definition) is 3. The minimum atomic E-state index is -0.961. The van der Waals surface area contributed by atoms with Gasteiger partial charge in [0.2, 0.25) is 0 Å². The second-order valence-corrected chi connectivity index (χ2v) is 9.37. The van der Waals surface area contributed by atoms with E-state index in [1.807, 2.05) is 0 Å². The van der Waals surface area contributed by atoms with Gasteiger partial charge in [-0.25, -0.2) is 0 Å². The maximum Gasteiger partial charge on any atom is 0.0961 e. The molecule has 3 nitrogen and oxygen atoms in total. The first-order chi connectivity index (χ1) is 11.2. The number of aliphatic hydroxyl groups excluding tert-OH is 2. The van der Waals surface area contributed by atoms with E-state index in [4.69, 9.17) is 0 Å². The van der Waals surface area contributed by atoms with Gasteiger partial charge in [0.05, 0.1) is 17.8 Å². The summed E-state index contributed by atoms with van der Waals surface area (Å²) in [6.07, 6.45) is 10.2. The van der Waals surface area contributed by atoms with Crippen LogP contribution in [-0.4, -0.2) is 33.1 Å². The van der Waals surface area contributed by atoms with E-state index in [-0.39, 0.29) is 16.9 Å². The summed E-state index contributed by atoms with van der Waals surface area (Å²) in [6.45, 7) is 6.33. The molecule has 3 saturated carbocycles. The van der Waals surface area contributed by atoms with Crippen molar-refractivity contribution in [2.45, 2.75) is 83.5 Å². The van der Waals surface area contributed by atoms with Gasteiger partial charge in [-0.15, -0.1) is 0 Å². The number of fused-ring (bicyclic) bond motifs is 5. The molecule has 0 heterocycles. The van der Waals surface area contributed by atoms with Gasteiger partial charge in [-0.1, -0.05) is 37.1 Å². The standard InChI is InChI=1S/C21H32O3/c1-13(22)21(24)11-8-18-16-5-4-14-12-15(23)6-9-19(14,2)17(16)7-10-20(18,21)3/h4-5,13,15,17-18,22-24H,6-12H2,1-3H3/t13-,15?,17-,18-,19-,20-,21-/m0/s1. The summed E-state index contributed by atoms with van der Waals surface area (Å²) in [5.74, 6) is 0.914. The second-order valence-electron chi connectivity index (χ2n) is 9.37. The Kier molecular flexibility index (Phi) is 3.63. The molecule has 4 aliphatic carbocycles. The smallest absolute Gasteiger partial charge is 0.0961 e. The van der Waals surface area contributed by atoms with Crippen LogP contribution in [0.4, 0.5) is 0 Å². The van der Waals surface area contributed by atoms with Crippen molar-refractivity contribution in [1.29, 1.82) is 0 Å². The average molecular weight is 332 g/mol. The maximum absolute atomic E-state index is 11.2. The van der Waals surface area contributed by atoms with Crippen LogP contribution >= 0.6 is 0 Å². The van der Waals surface area contributed by atoms with Crippen LogP contribution in [0.25, 0.3) is 0 Å². The van der Waals surface area contributed by atoms with Gasteiger partial charge in [-0.2, -0.15) is 0 Å². The van der Waals surface area contributed by atoms with Crippen LogP contribution in [0.3, 0.4) is 0 Å². The van der Waals surface area contributed by atoms with Crippen LogP contribution in [0.1, 0.15) is 65.7 Å². The lowest BCUT2D eigenvalue weighted by Gasteiger charge is -2.56. The van der Waals surface area contributed by atoms with Gasteiger partial charge in [0.1, 0.15) is 0 Å². The summed E-state index contributed by atoms with van der Waals surface area (Å²) < 4.78 is 0. The Morgan fingerprint density at radius 1 is 1.04 bits per heavy atom. The summed E-state index contributed by atoms with van der Waals surface area (Å²) in [5.41, 5.74) is 1.91. The lowest BCUT2D eigenvalue weighted by atomic mass is 9.49. The third-order valence-corrected chi connectivity index (χ3v) is 8.45. The molecule has 0 aromatic heterocycles. The van der Waals surface area contributed by atoms with Crippen molar-refractivity contribution in [3.63, 3.8) is 0 Å². The van der Waals surface area contributed by atoms with Gasteiger partial charge in [0.25, 0.3) is 0 Å². The first kappa shape index (κ1) is 16.8. The van der Waals surface area contributed by atoms with Crippen LogP contribution < -0.4 is 0 Å². The quantitative estimate of drug-likeness (QED) is 0.690. The van der Waals surface area contributed by atoms with Crippen molar-refractivity contribution < 1.29 is 15.3 Å². The van der Waals surface area contributed by atoms with E-state index < -0.39 is 11.7 Å². The molecule has 0 amide bonds. The van der Waals surface area contributed by atoms with Crippen LogP contribution in [-0.2, 0) is 0 Å². The molecule has 1 unspecified atom stereocenters. The van der Waals surface area contributed by atoms with E-state index in [0.29, 0.717) is 18.3 Å². The van der Waals surface area contributed by atoms with Gasteiger partial charge in [-0.3, -0.25) is 0 Å². The second kappa shape index (κ2) is 5.18. The van der Waals surface area contributed by atoms with E-state index in [1.165, 1.54) is 11.1 Å². The van der Waals surface area contributed by atoms with Crippen molar-refractivity contribution in [2.75, 3.05) is 0 Å². The summed E-state index contributed by atoms with van der Waals surface area (Å²) in [4.78, 5) is 0. The van der Waals surface area contributed by atoms with Crippen molar-refractivity contribution in [3.05, 3.63) is 23.3 Å². The van der Waals surface area contributed by atoms with E-state index in [1.54, 1.807) is 6.92 Å². The van der Waals surface area contributed by atoms with Crippen molar-refractivity contribution in [3.8, 4) is 0 Å². The predicted molar refractivity (Wildman–Crippen MR) is 94.3 cm³/mol. The molecule has 3 heteroatoms. The molecule has 4 rings (SSSR count). The predicted octanol–water partition coefficient (Wildman–Crippen LogP) is 3.34. The highest BCUT2D eigenvalue weighted by Crippen LogP contribution is 2.66. The Bertz CT molecular complexity index is 606. The molecule has 3 N–H and O–H groups in total. The number of allylic oxidation sites excluding steroid dienone is 3. The molecule has 0 bridgehead atoms. The minimum Gasteiger partial charge on any atom is -0.393 e. The zero-order valence-corrected chi connectivity index (χ0v) is 15.3. The van der Waals surface area contributed by atoms with E-state index >= 15 is 0 Å².